The van der Waals surface area contributed by atoms with Gasteiger partial charge in [-0.3, -0.25) is 14.8 Å². The summed E-state index contributed by atoms with van der Waals surface area (Å²) in [5, 5.41) is 18.6. The first kappa shape index (κ1) is 17.9. The molecule has 7 nitrogen and oxygen atoms in total. The minimum absolute atomic E-state index is 0.00258. The van der Waals surface area contributed by atoms with E-state index in [2.05, 4.69) is 44.3 Å². The van der Waals surface area contributed by atoms with Crippen LogP contribution >= 0.6 is 0 Å². The molecule has 0 amide bonds. The van der Waals surface area contributed by atoms with E-state index in [0.29, 0.717) is 0 Å². The van der Waals surface area contributed by atoms with Crippen molar-refractivity contribution < 1.29 is 14.6 Å². The largest absolute Gasteiger partial charge is 0.481 e. The summed E-state index contributed by atoms with van der Waals surface area (Å²) < 4.78 is 5.43. The van der Waals surface area contributed by atoms with Crippen molar-refractivity contribution >= 4 is 27.8 Å². The Labute approximate surface area is 167 Å². The van der Waals surface area contributed by atoms with Crippen molar-refractivity contribution in [1.82, 2.24) is 20.1 Å². The highest BCUT2D eigenvalue weighted by Crippen LogP contribution is 2.29. The van der Waals surface area contributed by atoms with Crippen LogP contribution in [0.25, 0.3) is 33.2 Å². The highest BCUT2D eigenvalue weighted by atomic mass is 16.5. The van der Waals surface area contributed by atoms with Gasteiger partial charge in [-0.15, -0.1) is 0 Å². The van der Waals surface area contributed by atoms with E-state index in [1.807, 2.05) is 18.2 Å². The van der Waals surface area contributed by atoms with Crippen LogP contribution in [0.5, 0.6) is 0 Å². The maximum atomic E-state index is 10.9. The van der Waals surface area contributed by atoms with E-state index in [4.69, 9.17) is 9.84 Å². The van der Waals surface area contributed by atoms with E-state index < -0.39 is 5.97 Å². The predicted molar refractivity (Wildman–Crippen MR) is 111 cm³/mol. The second-order valence-electron chi connectivity index (χ2n) is 7.52. The van der Waals surface area contributed by atoms with Gasteiger partial charge in [0.15, 0.2) is 0 Å². The van der Waals surface area contributed by atoms with Crippen LogP contribution in [0.3, 0.4) is 0 Å². The standard InChI is InChI=1S/C22H22N4O3/c27-21(28)11-14-1-3-17-19(10-14)24-25-22(17)20-12-16-9-15(2-4-18(16)23-20)13-26-5-7-29-8-6-26/h1-4,9-10,12,23H,5-8,11,13H2,(H,24,25)(H,27,28). The summed E-state index contributed by atoms with van der Waals surface area (Å²) in [6, 6.07) is 14.3. The summed E-state index contributed by atoms with van der Waals surface area (Å²) >= 11 is 0. The van der Waals surface area contributed by atoms with E-state index >= 15 is 0 Å². The fraction of sp³-hybridized carbons (Fsp3) is 0.273. The Morgan fingerprint density at radius 1 is 1.07 bits per heavy atom. The smallest absolute Gasteiger partial charge is 0.307 e. The molecule has 2 aromatic carbocycles. The van der Waals surface area contributed by atoms with Gasteiger partial charge in [0.25, 0.3) is 0 Å². The van der Waals surface area contributed by atoms with E-state index in [-0.39, 0.29) is 6.42 Å². The average molecular weight is 390 g/mol. The van der Waals surface area contributed by atoms with Crippen LogP contribution in [-0.2, 0) is 22.5 Å². The molecule has 0 spiro atoms. The topological polar surface area (TPSA) is 94.2 Å². The monoisotopic (exact) mass is 390 g/mol. The fourth-order valence-corrected chi connectivity index (χ4v) is 3.98. The number of benzene rings is 2. The Kier molecular flexibility index (Phi) is 4.54. The number of nitrogens with one attached hydrogen (secondary N) is 2. The Bertz CT molecular complexity index is 1190. The lowest BCUT2D eigenvalue weighted by Crippen LogP contribution is -2.35. The fourth-order valence-electron chi connectivity index (χ4n) is 3.98. The van der Waals surface area contributed by atoms with Crippen molar-refractivity contribution in [3.8, 4) is 11.4 Å². The molecule has 1 fully saturated rings. The highest BCUT2D eigenvalue weighted by molar-refractivity contribution is 5.96. The van der Waals surface area contributed by atoms with Gasteiger partial charge in [-0.1, -0.05) is 18.2 Å². The molecule has 1 saturated heterocycles. The van der Waals surface area contributed by atoms with Crippen LogP contribution in [0.15, 0.2) is 42.5 Å². The quantitative estimate of drug-likeness (QED) is 0.487. The molecule has 4 aromatic rings. The zero-order chi connectivity index (χ0) is 19.8. The van der Waals surface area contributed by atoms with Crippen molar-refractivity contribution in [2.75, 3.05) is 26.3 Å². The molecule has 0 atom stereocenters. The third kappa shape index (κ3) is 3.62. The summed E-state index contributed by atoms with van der Waals surface area (Å²) in [5.74, 6) is -0.840. The number of aliphatic carboxylic acids is 1. The molecule has 0 unspecified atom stereocenters. The number of carbonyl (C=O) groups is 1. The van der Waals surface area contributed by atoms with Crippen molar-refractivity contribution in [1.29, 1.82) is 0 Å². The number of rotatable bonds is 5. The van der Waals surface area contributed by atoms with Crippen LogP contribution in [0, 0.1) is 0 Å². The van der Waals surface area contributed by atoms with Gasteiger partial charge >= 0.3 is 5.97 Å². The third-order valence-electron chi connectivity index (χ3n) is 5.43. The number of nitrogens with zero attached hydrogens (tertiary/aromatic N) is 2. The van der Waals surface area contributed by atoms with Crippen LogP contribution in [0.2, 0.25) is 0 Å². The number of fused-ring (bicyclic) bond motifs is 2. The number of hydrogen-bond donors (Lipinski definition) is 3. The van der Waals surface area contributed by atoms with Crippen LogP contribution in [-0.4, -0.2) is 57.5 Å². The van der Waals surface area contributed by atoms with Gasteiger partial charge in [0.2, 0.25) is 0 Å². The van der Waals surface area contributed by atoms with Gasteiger partial charge in [-0.2, -0.15) is 5.10 Å². The lowest BCUT2D eigenvalue weighted by molar-refractivity contribution is -0.136. The molecule has 0 radical (unpaired) electrons. The summed E-state index contributed by atoms with van der Waals surface area (Å²) in [6.07, 6.45) is 0.00258. The number of ether oxygens (including phenoxy) is 1. The van der Waals surface area contributed by atoms with E-state index in [0.717, 1.165) is 71.6 Å². The Morgan fingerprint density at radius 2 is 1.90 bits per heavy atom. The molecular weight excluding hydrogens is 368 g/mol. The molecule has 3 N–H and O–H groups in total. The highest BCUT2D eigenvalue weighted by Gasteiger charge is 2.14. The lowest BCUT2D eigenvalue weighted by Gasteiger charge is -2.26. The zero-order valence-electron chi connectivity index (χ0n) is 15.9. The molecule has 2 aromatic heterocycles. The first-order valence-corrected chi connectivity index (χ1v) is 9.77. The number of H-pyrrole nitrogens is 2. The average Bonchev–Trinajstić information content (AvgIpc) is 3.31. The summed E-state index contributed by atoms with van der Waals surface area (Å²) in [6.45, 7) is 4.48. The summed E-state index contributed by atoms with van der Waals surface area (Å²) in [5.41, 5.74) is 5.74. The van der Waals surface area contributed by atoms with Crippen LogP contribution in [0.1, 0.15) is 11.1 Å². The van der Waals surface area contributed by atoms with Gasteiger partial charge in [-0.05, 0) is 35.4 Å². The molecule has 5 rings (SSSR count). The molecular formula is C22H22N4O3. The number of morpholine rings is 1. The number of carboxylic acids is 1. The SMILES string of the molecule is O=C(O)Cc1ccc2c(-c3cc4cc(CN5CCOCC5)ccc4[nH]3)n[nH]c2c1. The van der Waals surface area contributed by atoms with E-state index in [1.165, 1.54) is 5.56 Å². The third-order valence-corrected chi connectivity index (χ3v) is 5.43. The molecule has 3 heterocycles. The van der Waals surface area contributed by atoms with Crippen molar-refractivity contribution in [3.05, 3.63) is 53.6 Å². The van der Waals surface area contributed by atoms with E-state index in [9.17, 15) is 4.79 Å². The van der Waals surface area contributed by atoms with Crippen LogP contribution in [0.4, 0.5) is 0 Å². The number of hydrogen-bond acceptors (Lipinski definition) is 4. The number of carboxylic acid groups (broad SMARTS) is 1. The maximum Gasteiger partial charge on any atom is 0.307 e. The number of aromatic amines is 2. The van der Waals surface area contributed by atoms with Gasteiger partial charge in [-0.25, -0.2) is 0 Å². The molecule has 1 aliphatic rings. The zero-order valence-corrected chi connectivity index (χ0v) is 15.9. The Hall–Kier alpha value is -3.16. The molecule has 148 valence electrons. The van der Waals surface area contributed by atoms with Crippen LogP contribution < -0.4 is 0 Å². The first-order valence-electron chi connectivity index (χ1n) is 9.77. The van der Waals surface area contributed by atoms with E-state index in [1.54, 1.807) is 0 Å². The second kappa shape index (κ2) is 7.35. The minimum Gasteiger partial charge on any atom is -0.481 e. The Balaban J connectivity index is 1.44. The minimum atomic E-state index is -0.840. The van der Waals surface area contributed by atoms with Gasteiger partial charge < -0.3 is 14.8 Å². The summed E-state index contributed by atoms with van der Waals surface area (Å²) in [4.78, 5) is 16.8. The lowest BCUT2D eigenvalue weighted by atomic mass is 10.1. The van der Waals surface area contributed by atoms with Gasteiger partial charge in [0.1, 0.15) is 5.69 Å². The van der Waals surface area contributed by atoms with Crippen molar-refractivity contribution in [2.45, 2.75) is 13.0 Å². The predicted octanol–water partition coefficient (Wildman–Crippen LogP) is 3.17. The maximum absolute atomic E-state index is 10.9. The second-order valence-corrected chi connectivity index (χ2v) is 7.52. The number of aromatic nitrogens is 3. The Morgan fingerprint density at radius 3 is 2.72 bits per heavy atom. The molecule has 0 saturated carbocycles. The molecule has 0 aliphatic carbocycles. The summed E-state index contributed by atoms with van der Waals surface area (Å²) in [7, 11) is 0. The molecule has 1 aliphatic heterocycles. The molecule has 29 heavy (non-hydrogen) atoms. The first-order chi connectivity index (χ1) is 14.2. The normalized spacial score (nSPS) is 15.3. The van der Waals surface area contributed by atoms with Gasteiger partial charge in [0.05, 0.1) is 30.8 Å². The van der Waals surface area contributed by atoms with Crippen molar-refractivity contribution in [3.63, 3.8) is 0 Å². The van der Waals surface area contributed by atoms with Gasteiger partial charge in [0, 0.05) is 35.9 Å². The van der Waals surface area contributed by atoms with Crippen molar-refractivity contribution in [2.24, 2.45) is 0 Å². The molecule has 7 heteroatoms. The molecule has 0 bridgehead atoms.